The van der Waals surface area contributed by atoms with Crippen molar-refractivity contribution in [1.29, 1.82) is 0 Å². The van der Waals surface area contributed by atoms with E-state index in [0.717, 1.165) is 25.7 Å². The van der Waals surface area contributed by atoms with E-state index in [0.29, 0.717) is 23.8 Å². The Morgan fingerprint density at radius 1 is 1.07 bits per heavy atom. The van der Waals surface area contributed by atoms with Crippen molar-refractivity contribution in [3.05, 3.63) is 52.0 Å². The number of hydrogen-bond acceptors (Lipinski definition) is 4. The highest BCUT2D eigenvalue weighted by Crippen LogP contribution is 2.32. The SMILES string of the molecule is COc1ccc(C(=O)Nc2cccc(Cl)c2Cl)cc1S(=O)(=O)N1CCCCCC1. The van der Waals surface area contributed by atoms with Crippen LogP contribution < -0.4 is 10.1 Å². The van der Waals surface area contributed by atoms with E-state index in [9.17, 15) is 13.2 Å². The Labute approximate surface area is 180 Å². The van der Waals surface area contributed by atoms with Crippen LogP contribution in [0.3, 0.4) is 0 Å². The molecule has 2 aromatic carbocycles. The van der Waals surface area contributed by atoms with Gasteiger partial charge in [0, 0.05) is 18.7 Å². The molecule has 1 amide bonds. The van der Waals surface area contributed by atoms with Gasteiger partial charge in [-0.3, -0.25) is 4.79 Å². The summed E-state index contributed by atoms with van der Waals surface area (Å²) in [6.45, 7) is 0.917. The summed E-state index contributed by atoms with van der Waals surface area (Å²) in [6.07, 6.45) is 3.64. The first-order valence-corrected chi connectivity index (χ1v) is 11.5. The molecule has 156 valence electrons. The molecule has 2 aromatic rings. The molecule has 1 heterocycles. The largest absolute Gasteiger partial charge is 0.495 e. The van der Waals surface area contributed by atoms with Gasteiger partial charge in [-0.25, -0.2) is 8.42 Å². The fraction of sp³-hybridized carbons (Fsp3) is 0.350. The molecule has 0 aromatic heterocycles. The number of sulfonamides is 1. The number of methoxy groups -OCH3 is 1. The molecule has 6 nitrogen and oxygen atoms in total. The Kier molecular flexibility index (Phi) is 7.05. The number of nitrogens with zero attached hydrogens (tertiary/aromatic N) is 1. The number of rotatable bonds is 5. The summed E-state index contributed by atoms with van der Waals surface area (Å²) >= 11 is 12.1. The molecule has 9 heteroatoms. The van der Waals surface area contributed by atoms with Gasteiger partial charge in [-0.1, -0.05) is 42.1 Å². The van der Waals surface area contributed by atoms with Crippen molar-refractivity contribution in [2.75, 3.05) is 25.5 Å². The molecule has 0 unspecified atom stereocenters. The third-order valence-corrected chi connectivity index (χ3v) is 7.55. The van der Waals surface area contributed by atoms with E-state index in [4.69, 9.17) is 27.9 Å². The van der Waals surface area contributed by atoms with Gasteiger partial charge < -0.3 is 10.1 Å². The molecular weight excluding hydrogens is 435 g/mol. The molecule has 0 atom stereocenters. The normalized spacial score (nSPS) is 15.6. The molecule has 1 aliphatic rings. The smallest absolute Gasteiger partial charge is 0.255 e. The van der Waals surface area contributed by atoms with Gasteiger partial charge in [-0.05, 0) is 43.2 Å². The van der Waals surface area contributed by atoms with Gasteiger partial charge >= 0.3 is 0 Å². The van der Waals surface area contributed by atoms with Crippen LogP contribution in [-0.4, -0.2) is 38.8 Å². The van der Waals surface area contributed by atoms with Crippen molar-refractivity contribution in [2.24, 2.45) is 0 Å². The Bertz CT molecular complexity index is 1000. The van der Waals surface area contributed by atoms with Crippen LogP contribution in [0.25, 0.3) is 0 Å². The fourth-order valence-electron chi connectivity index (χ4n) is 3.24. The molecule has 1 N–H and O–H groups in total. The van der Waals surface area contributed by atoms with Gasteiger partial charge in [0.15, 0.2) is 0 Å². The van der Waals surface area contributed by atoms with Crippen molar-refractivity contribution < 1.29 is 17.9 Å². The number of hydrogen-bond donors (Lipinski definition) is 1. The van der Waals surface area contributed by atoms with E-state index in [-0.39, 0.29) is 21.2 Å². The maximum absolute atomic E-state index is 13.2. The zero-order chi connectivity index (χ0) is 21.0. The summed E-state index contributed by atoms with van der Waals surface area (Å²) < 4.78 is 33.2. The van der Waals surface area contributed by atoms with E-state index in [1.807, 2.05) is 0 Å². The van der Waals surface area contributed by atoms with E-state index >= 15 is 0 Å². The Morgan fingerprint density at radius 3 is 2.41 bits per heavy atom. The maximum atomic E-state index is 13.2. The average molecular weight is 457 g/mol. The Morgan fingerprint density at radius 2 is 1.76 bits per heavy atom. The lowest BCUT2D eigenvalue weighted by atomic mass is 10.2. The van der Waals surface area contributed by atoms with E-state index < -0.39 is 15.9 Å². The third kappa shape index (κ3) is 4.86. The molecule has 0 bridgehead atoms. The van der Waals surface area contributed by atoms with Crippen molar-refractivity contribution in [3.8, 4) is 5.75 Å². The molecule has 0 spiro atoms. The first kappa shape index (κ1) is 21.9. The summed E-state index contributed by atoms with van der Waals surface area (Å²) in [4.78, 5) is 12.7. The predicted molar refractivity (Wildman–Crippen MR) is 115 cm³/mol. The lowest BCUT2D eigenvalue weighted by Gasteiger charge is -2.21. The molecule has 1 fully saturated rings. The summed E-state index contributed by atoms with van der Waals surface area (Å²) in [5.74, 6) is -0.296. The summed E-state index contributed by atoms with van der Waals surface area (Å²) in [7, 11) is -2.39. The molecule has 0 radical (unpaired) electrons. The minimum absolute atomic E-state index is 0.0215. The Hall–Kier alpha value is -1.80. The average Bonchev–Trinajstić information content (AvgIpc) is 3.01. The van der Waals surface area contributed by atoms with E-state index in [1.54, 1.807) is 18.2 Å². The first-order valence-electron chi connectivity index (χ1n) is 9.28. The zero-order valence-electron chi connectivity index (χ0n) is 16.0. The summed E-state index contributed by atoms with van der Waals surface area (Å²) in [6, 6.07) is 9.22. The lowest BCUT2D eigenvalue weighted by Crippen LogP contribution is -2.32. The highest BCUT2D eigenvalue weighted by molar-refractivity contribution is 7.89. The van der Waals surface area contributed by atoms with Gasteiger partial charge in [0.05, 0.1) is 22.8 Å². The Balaban J connectivity index is 1.94. The van der Waals surface area contributed by atoms with Gasteiger partial charge in [0.1, 0.15) is 10.6 Å². The molecule has 1 saturated heterocycles. The summed E-state index contributed by atoms with van der Waals surface area (Å²) in [5, 5.41) is 3.19. The molecular formula is C20H22Cl2N2O4S. The third-order valence-electron chi connectivity index (χ3n) is 4.81. The number of carbonyl (C=O) groups excluding carboxylic acids is 1. The number of halogens is 2. The number of nitrogens with one attached hydrogen (secondary N) is 1. The molecule has 29 heavy (non-hydrogen) atoms. The highest BCUT2D eigenvalue weighted by atomic mass is 35.5. The second-order valence-corrected chi connectivity index (χ2v) is 9.43. The predicted octanol–water partition coefficient (Wildman–Crippen LogP) is 4.82. The second-order valence-electron chi connectivity index (χ2n) is 6.74. The van der Waals surface area contributed by atoms with Crippen LogP contribution in [0.5, 0.6) is 5.75 Å². The van der Waals surface area contributed by atoms with Gasteiger partial charge in [-0.15, -0.1) is 0 Å². The van der Waals surface area contributed by atoms with Gasteiger partial charge in [0.2, 0.25) is 10.0 Å². The quantitative estimate of drug-likeness (QED) is 0.699. The van der Waals surface area contributed by atoms with Crippen LogP contribution in [0.4, 0.5) is 5.69 Å². The summed E-state index contributed by atoms with van der Waals surface area (Å²) in [5.41, 5.74) is 0.521. The fourth-order valence-corrected chi connectivity index (χ4v) is 5.28. The van der Waals surface area contributed by atoms with Crippen LogP contribution in [0, 0.1) is 0 Å². The minimum Gasteiger partial charge on any atom is -0.495 e. The standard InChI is InChI=1S/C20H22Cl2N2O4S/c1-28-17-10-9-14(20(25)23-16-8-6-7-15(21)19(16)22)13-18(17)29(26,27)24-11-4-2-3-5-12-24/h6-10,13H,2-5,11-12H2,1H3,(H,23,25). The highest BCUT2D eigenvalue weighted by Gasteiger charge is 2.29. The van der Waals surface area contributed by atoms with E-state index in [2.05, 4.69) is 5.32 Å². The topological polar surface area (TPSA) is 75.7 Å². The van der Waals surface area contributed by atoms with Crippen LogP contribution in [0.2, 0.25) is 10.0 Å². The van der Waals surface area contributed by atoms with Gasteiger partial charge in [0.25, 0.3) is 5.91 Å². The van der Waals surface area contributed by atoms with Crippen LogP contribution >= 0.6 is 23.2 Å². The molecule has 0 saturated carbocycles. The zero-order valence-corrected chi connectivity index (χ0v) is 18.3. The second kappa shape index (κ2) is 9.34. The molecule has 1 aliphatic heterocycles. The van der Waals surface area contributed by atoms with Crippen molar-refractivity contribution in [1.82, 2.24) is 4.31 Å². The number of ether oxygens (including phenoxy) is 1. The molecule has 3 rings (SSSR count). The van der Waals surface area contributed by atoms with Crippen LogP contribution in [-0.2, 0) is 10.0 Å². The van der Waals surface area contributed by atoms with Crippen molar-refractivity contribution in [3.63, 3.8) is 0 Å². The number of amides is 1. The van der Waals surface area contributed by atoms with E-state index in [1.165, 1.54) is 29.6 Å². The van der Waals surface area contributed by atoms with Gasteiger partial charge in [-0.2, -0.15) is 4.31 Å². The maximum Gasteiger partial charge on any atom is 0.255 e. The van der Waals surface area contributed by atoms with Crippen LogP contribution in [0.15, 0.2) is 41.3 Å². The van der Waals surface area contributed by atoms with Crippen LogP contribution in [0.1, 0.15) is 36.0 Å². The lowest BCUT2D eigenvalue weighted by molar-refractivity contribution is 0.102. The number of carbonyl (C=O) groups is 1. The first-order chi connectivity index (χ1) is 13.8. The molecule has 0 aliphatic carbocycles. The number of anilines is 1. The number of benzene rings is 2. The minimum atomic E-state index is -3.79. The monoisotopic (exact) mass is 456 g/mol. The van der Waals surface area contributed by atoms with Crippen molar-refractivity contribution in [2.45, 2.75) is 30.6 Å². The van der Waals surface area contributed by atoms with Crippen molar-refractivity contribution >= 4 is 44.8 Å².